The molecule has 5 heteroatoms. The van der Waals surface area contributed by atoms with Crippen LogP contribution in [0.1, 0.15) is 23.6 Å². The van der Waals surface area contributed by atoms with Crippen molar-refractivity contribution in [2.45, 2.75) is 20.3 Å². The maximum Gasteiger partial charge on any atom is 0.335 e. The highest BCUT2D eigenvalue weighted by Gasteiger charge is 2.37. The van der Waals surface area contributed by atoms with E-state index in [1.54, 1.807) is 25.1 Å². The fraction of sp³-hybridized carbons (Fsp3) is 0.150. The highest BCUT2D eigenvalue weighted by atomic mass is 16.2. The summed E-state index contributed by atoms with van der Waals surface area (Å²) in [7, 11) is 0. The first-order valence-electron chi connectivity index (χ1n) is 8.07. The van der Waals surface area contributed by atoms with Gasteiger partial charge in [0.05, 0.1) is 5.69 Å². The van der Waals surface area contributed by atoms with Crippen molar-refractivity contribution in [3.05, 3.63) is 70.8 Å². The molecule has 0 spiro atoms. The van der Waals surface area contributed by atoms with Gasteiger partial charge in [-0.05, 0) is 42.2 Å². The fourth-order valence-corrected chi connectivity index (χ4v) is 2.71. The van der Waals surface area contributed by atoms with Crippen LogP contribution in [-0.2, 0) is 16.0 Å². The minimum atomic E-state index is -0.734. The predicted molar refractivity (Wildman–Crippen MR) is 96.0 cm³/mol. The molecule has 1 aliphatic rings. The fourth-order valence-electron chi connectivity index (χ4n) is 2.71. The van der Waals surface area contributed by atoms with E-state index in [0.29, 0.717) is 5.69 Å². The second-order valence-corrected chi connectivity index (χ2v) is 5.84. The summed E-state index contributed by atoms with van der Waals surface area (Å²) in [5.74, 6) is -1.30. The van der Waals surface area contributed by atoms with Crippen molar-refractivity contribution < 1.29 is 14.4 Å². The van der Waals surface area contributed by atoms with Gasteiger partial charge in [-0.1, -0.05) is 49.4 Å². The van der Waals surface area contributed by atoms with E-state index < -0.39 is 17.8 Å². The van der Waals surface area contributed by atoms with Crippen molar-refractivity contribution in [2.75, 3.05) is 4.90 Å². The number of para-hydroxylation sites is 1. The van der Waals surface area contributed by atoms with Gasteiger partial charge in [0, 0.05) is 0 Å². The molecule has 0 bridgehead atoms. The molecule has 0 radical (unpaired) electrons. The number of imide groups is 2. The molecule has 2 aromatic rings. The molecular weight excluding hydrogens is 316 g/mol. The van der Waals surface area contributed by atoms with E-state index in [4.69, 9.17) is 0 Å². The lowest BCUT2D eigenvalue weighted by molar-refractivity contribution is -0.122. The normalized spacial score (nSPS) is 16.3. The van der Waals surface area contributed by atoms with Gasteiger partial charge in [0.25, 0.3) is 11.8 Å². The van der Waals surface area contributed by atoms with E-state index in [2.05, 4.69) is 12.2 Å². The van der Waals surface area contributed by atoms with Gasteiger partial charge in [-0.3, -0.25) is 14.9 Å². The second kappa shape index (κ2) is 6.73. The number of aryl methyl sites for hydroxylation is 2. The molecule has 0 unspecified atom stereocenters. The van der Waals surface area contributed by atoms with Crippen molar-refractivity contribution in [1.82, 2.24) is 5.32 Å². The Labute approximate surface area is 146 Å². The van der Waals surface area contributed by atoms with Crippen LogP contribution >= 0.6 is 0 Å². The van der Waals surface area contributed by atoms with Crippen LogP contribution in [0.15, 0.2) is 54.1 Å². The van der Waals surface area contributed by atoms with Crippen molar-refractivity contribution in [3.8, 4) is 0 Å². The first-order chi connectivity index (χ1) is 12.0. The van der Waals surface area contributed by atoms with Gasteiger partial charge < -0.3 is 0 Å². The molecular formula is C20H18N2O3. The number of barbiturate groups is 1. The molecule has 2 aromatic carbocycles. The molecule has 1 heterocycles. The monoisotopic (exact) mass is 334 g/mol. The number of benzene rings is 2. The largest absolute Gasteiger partial charge is 0.335 e. The Morgan fingerprint density at radius 2 is 1.68 bits per heavy atom. The lowest BCUT2D eigenvalue weighted by atomic mass is 10.0. The zero-order valence-corrected chi connectivity index (χ0v) is 14.1. The van der Waals surface area contributed by atoms with Crippen LogP contribution in [0.2, 0.25) is 0 Å². The number of urea groups is 1. The molecule has 5 nitrogen and oxygen atoms in total. The number of carbonyl (C=O) groups excluding carboxylic acids is 3. The Morgan fingerprint density at radius 1 is 1.00 bits per heavy atom. The Bertz CT molecular complexity index is 882. The third-order valence-electron chi connectivity index (χ3n) is 4.16. The summed E-state index contributed by atoms with van der Waals surface area (Å²) in [5.41, 5.74) is 3.07. The third kappa shape index (κ3) is 3.21. The predicted octanol–water partition coefficient (Wildman–Crippen LogP) is 3.22. The maximum absolute atomic E-state index is 12.8. The van der Waals surface area contributed by atoms with Gasteiger partial charge >= 0.3 is 6.03 Å². The first-order valence-corrected chi connectivity index (χ1v) is 8.07. The standard InChI is InChI=1S/C20H18N2O3/c1-3-14-8-10-15(11-9-14)12-16-18(23)21-20(25)22(19(16)24)17-7-5-4-6-13(17)2/h4-12H,3H2,1-2H3,(H,21,23,25)/b16-12+. The van der Waals surface area contributed by atoms with Crippen molar-refractivity contribution >= 4 is 29.6 Å². The highest BCUT2D eigenvalue weighted by molar-refractivity contribution is 6.39. The van der Waals surface area contributed by atoms with Crippen molar-refractivity contribution in [2.24, 2.45) is 0 Å². The van der Waals surface area contributed by atoms with E-state index in [0.717, 1.165) is 22.4 Å². The van der Waals surface area contributed by atoms with Gasteiger partial charge in [0.1, 0.15) is 5.57 Å². The average molecular weight is 334 g/mol. The second-order valence-electron chi connectivity index (χ2n) is 5.84. The van der Waals surface area contributed by atoms with Gasteiger partial charge in [0.15, 0.2) is 0 Å². The Kier molecular flexibility index (Phi) is 4.48. The molecule has 1 aliphatic heterocycles. The average Bonchev–Trinajstić information content (AvgIpc) is 2.60. The number of hydrogen-bond acceptors (Lipinski definition) is 3. The number of amides is 4. The van der Waals surface area contributed by atoms with E-state index in [-0.39, 0.29) is 5.57 Å². The Balaban J connectivity index is 2.00. The summed E-state index contributed by atoms with van der Waals surface area (Å²) in [4.78, 5) is 38.2. The zero-order chi connectivity index (χ0) is 18.0. The molecule has 126 valence electrons. The minimum absolute atomic E-state index is 0.0629. The number of rotatable bonds is 3. The molecule has 0 atom stereocenters. The van der Waals surface area contributed by atoms with E-state index in [1.165, 1.54) is 11.6 Å². The molecule has 1 saturated heterocycles. The van der Waals surface area contributed by atoms with Crippen molar-refractivity contribution in [3.63, 3.8) is 0 Å². The van der Waals surface area contributed by atoms with E-state index >= 15 is 0 Å². The van der Waals surface area contributed by atoms with Gasteiger partial charge in [-0.15, -0.1) is 0 Å². The van der Waals surface area contributed by atoms with Crippen LogP contribution in [0.5, 0.6) is 0 Å². The summed E-state index contributed by atoms with van der Waals surface area (Å²) in [6.07, 6.45) is 2.42. The topological polar surface area (TPSA) is 66.5 Å². The summed E-state index contributed by atoms with van der Waals surface area (Å²) in [6, 6.07) is 13.9. The Hall–Kier alpha value is -3.21. The van der Waals surface area contributed by atoms with Gasteiger partial charge in [-0.25, -0.2) is 9.69 Å². The van der Waals surface area contributed by atoms with Crippen LogP contribution in [0.25, 0.3) is 6.08 Å². The summed E-state index contributed by atoms with van der Waals surface area (Å²) in [5, 5.41) is 2.24. The van der Waals surface area contributed by atoms with E-state index in [9.17, 15) is 14.4 Å². The maximum atomic E-state index is 12.8. The lowest BCUT2D eigenvalue weighted by Gasteiger charge is -2.27. The minimum Gasteiger partial charge on any atom is -0.273 e. The SMILES string of the molecule is CCc1ccc(/C=C2\C(=O)NC(=O)N(c3ccccc3C)C2=O)cc1. The van der Waals surface area contributed by atoms with Crippen LogP contribution in [0, 0.1) is 6.92 Å². The molecule has 1 fully saturated rings. The first kappa shape index (κ1) is 16.6. The molecule has 0 saturated carbocycles. The van der Waals surface area contributed by atoms with Crippen LogP contribution in [0.4, 0.5) is 10.5 Å². The number of anilines is 1. The van der Waals surface area contributed by atoms with Crippen LogP contribution < -0.4 is 10.2 Å². The molecule has 0 aromatic heterocycles. The molecule has 1 N–H and O–H groups in total. The summed E-state index contributed by atoms with van der Waals surface area (Å²) in [6.45, 7) is 3.86. The number of carbonyl (C=O) groups is 3. The lowest BCUT2D eigenvalue weighted by Crippen LogP contribution is -2.54. The zero-order valence-electron chi connectivity index (χ0n) is 14.1. The summed E-state index contributed by atoms with van der Waals surface area (Å²) >= 11 is 0. The molecule has 0 aliphatic carbocycles. The number of nitrogens with one attached hydrogen (secondary N) is 1. The van der Waals surface area contributed by atoms with Gasteiger partial charge in [-0.2, -0.15) is 0 Å². The quantitative estimate of drug-likeness (QED) is 0.692. The molecule has 25 heavy (non-hydrogen) atoms. The number of hydrogen-bond donors (Lipinski definition) is 1. The van der Waals surface area contributed by atoms with Crippen molar-refractivity contribution in [1.29, 1.82) is 0 Å². The smallest absolute Gasteiger partial charge is 0.273 e. The third-order valence-corrected chi connectivity index (χ3v) is 4.16. The van der Waals surface area contributed by atoms with Crippen LogP contribution in [-0.4, -0.2) is 17.8 Å². The highest BCUT2D eigenvalue weighted by Crippen LogP contribution is 2.24. The van der Waals surface area contributed by atoms with Gasteiger partial charge in [0.2, 0.25) is 0 Å². The number of nitrogens with zero attached hydrogens (tertiary/aromatic N) is 1. The molecule has 4 amide bonds. The Morgan fingerprint density at radius 3 is 2.32 bits per heavy atom. The van der Waals surface area contributed by atoms with E-state index in [1.807, 2.05) is 30.3 Å². The van der Waals surface area contributed by atoms with Crippen LogP contribution in [0.3, 0.4) is 0 Å². The molecule has 3 rings (SSSR count). The summed E-state index contributed by atoms with van der Waals surface area (Å²) < 4.78 is 0.